The van der Waals surface area contributed by atoms with Crippen LogP contribution >= 0.6 is 0 Å². The van der Waals surface area contributed by atoms with Gasteiger partial charge in [0, 0.05) is 17.8 Å². The van der Waals surface area contributed by atoms with Crippen molar-refractivity contribution in [2.24, 2.45) is 0 Å². The summed E-state index contributed by atoms with van der Waals surface area (Å²) in [5, 5.41) is 5.77. The van der Waals surface area contributed by atoms with Gasteiger partial charge in [-0.05, 0) is 49.9 Å². The van der Waals surface area contributed by atoms with Gasteiger partial charge >= 0.3 is 6.03 Å². The summed E-state index contributed by atoms with van der Waals surface area (Å²) in [5.74, 6) is 0. The Hall–Kier alpha value is -1.60. The van der Waals surface area contributed by atoms with Gasteiger partial charge in [-0.25, -0.2) is 17.9 Å². The fourth-order valence-corrected chi connectivity index (χ4v) is 5.13. The van der Waals surface area contributed by atoms with Crippen LogP contribution in [-0.2, 0) is 10.0 Å². The van der Waals surface area contributed by atoms with Crippen LogP contribution in [0.5, 0.6) is 0 Å². The smallest absolute Gasteiger partial charge is 0.319 e. The molecule has 1 aromatic carbocycles. The molecule has 3 rings (SSSR count). The number of nitrogens with one attached hydrogen (secondary N) is 3. The van der Waals surface area contributed by atoms with Crippen molar-refractivity contribution < 1.29 is 13.2 Å². The molecule has 26 heavy (non-hydrogen) atoms. The van der Waals surface area contributed by atoms with Crippen molar-refractivity contribution in [1.82, 2.24) is 10.0 Å². The number of hydrogen-bond donors (Lipinski definition) is 3. The summed E-state index contributed by atoms with van der Waals surface area (Å²) in [6.07, 6.45) is 10.7. The van der Waals surface area contributed by atoms with E-state index >= 15 is 0 Å². The Morgan fingerprint density at radius 2 is 1.35 bits per heavy atom. The lowest BCUT2D eigenvalue weighted by molar-refractivity contribution is 0.244. The third kappa shape index (κ3) is 5.45. The minimum atomic E-state index is -3.51. The summed E-state index contributed by atoms with van der Waals surface area (Å²) < 4.78 is 27.8. The molecule has 2 saturated carbocycles. The molecule has 0 heterocycles. The molecule has 144 valence electrons. The zero-order chi connectivity index (χ0) is 18.4. The number of sulfonamides is 1. The lowest BCUT2D eigenvalue weighted by atomic mass is 9.96. The van der Waals surface area contributed by atoms with Gasteiger partial charge in [-0.1, -0.05) is 38.5 Å². The van der Waals surface area contributed by atoms with Crippen LogP contribution in [0.15, 0.2) is 29.2 Å². The van der Waals surface area contributed by atoms with Gasteiger partial charge in [-0.15, -0.1) is 0 Å². The SMILES string of the molecule is O=C(Nc1ccc(S(=O)(=O)NC2CCCCC2)cc1)NC1CCCCC1. The molecule has 0 unspecified atom stereocenters. The lowest BCUT2D eigenvalue weighted by Gasteiger charge is -2.23. The fraction of sp³-hybridized carbons (Fsp3) is 0.632. The second-order valence-electron chi connectivity index (χ2n) is 7.41. The van der Waals surface area contributed by atoms with Crippen molar-refractivity contribution in [3.63, 3.8) is 0 Å². The van der Waals surface area contributed by atoms with E-state index in [1.54, 1.807) is 24.3 Å². The van der Waals surface area contributed by atoms with Crippen molar-refractivity contribution in [3.8, 4) is 0 Å². The zero-order valence-corrected chi connectivity index (χ0v) is 16.0. The molecular formula is C19H29N3O3S. The van der Waals surface area contributed by atoms with Crippen molar-refractivity contribution in [2.75, 3.05) is 5.32 Å². The van der Waals surface area contributed by atoms with Gasteiger partial charge in [0.25, 0.3) is 0 Å². The summed E-state index contributed by atoms with van der Waals surface area (Å²) in [5.41, 5.74) is 0.593. The van der Waals surface area contributed by atoms with Crippen LogP contribution in [0.4, 0.5) is 10.5 Å². The number of amides is 2. The molecule has 2 aliphatic rings. The maximum atomic E-state index is 12.5. The number of carbonyl (C=O) groups is 1. The normalized spacial score (nSPS) is 19.8. The summed E-state index contributed by atoms with van der Waals surface area (Å²) in [4.78, 5) is 12.3. The van der Waals surface area contributed by atoms with E-state index in [1.165, 1.54) is 12.8 Å². The lowest BCUT2D eigenvalue weighted by Crippen LogP contribution is -2.39. The average Bonchev–Trinajstić information content (AvgIpc) is 2.63. The number of hydrogen-bond acceptors (Lipinski definition) is 3. The third-order valence-corrected chi connectivity index (χ3v) is 6.83. The minimum absolute atomic E-state index is 0.0350. The summed E-state index contributed by atoms with van der Waals surface area (Å²) >= 11 is 0. The molecule has 0 saturated heterocycles. The van der Waals surface area contributed by atoms with Crippen LogP contribution in [0.3, 0.4) is 0 Å². The molecule has 0 spiro atoms. The maximum Gasteiger partial charge on any atom is 0.319 e. The van der Waals surface area contributed by atoms with Crippen LogP contribution in [0.2, 0.25) is 0 Å². The number of rotatable bonds is 5. The standard InChI is InChI=1S/C19H29N3O3S/c23-19(20-15-7-3-1-4-8-15)21-16-11-13-18(14-12-16)26(24,25)22-17-9-5-2-6-10-17/h11-15,17,22H,1-10H2,(H2,20,21,23). The first-order chi connectivity index (χ1) is 12.5. The number of urea groups is 1. The van der Waals surface area contributed by atoms with E-state index in [4.69, 9.17) is 0 Å². The van der Waals surface area contributed by atoms with Crippen molar-refractivity contribution in [3.05, 3.63) is 24.3 Å². The first kappa shape index (κ1) is 19.2. The highest BCUT2D eigenvalue weighted by molar-refractivity contribution is 7.89. The van der Waals surface area contributed by atoms with E-state index in [-0.39, 0.29) is 23.0 Å². The van der Waals surface area contributed by atoms with Gasteiger partial charge in [-0.2, -0.15) is 0 Å². The van der Waals surface area contributed by atoms with Crippen LogP contribution in [0.25, 0.3) is 0 Å². The molecule has 0 aliphatic heterocycles. The molecule has 0 bridgehead atoms. The van der Waals surface area contributed by atoms with E-state index in [9.17, 15) is 13.2 Å². The van der Waals surface area contributed by atoms with Gasteiger partial charge in [0.15, 0.2) is 0 Å². The second-order valence-corrected chi connectivity index (χ2v) is 9.13. The Labute approximate surface area is 156 Å². The Morgan fingerprint density at radius 3 is 1.92 bits per heavy atom. The fourth-order valence-electron chi connectivity index (χ4n) is 3.82. The summed E-state index contributed by atoms with van der Waals surface area (Å²) in [6.45, 7) is 0. The molecule has 7 heteroatoms. The maximum absolute atomic E-state index is 12.5. The van der Waals surface area contributed by atoms with E-state index in [0.717, 1.165) is 51.4 Å². The molecule has 1 aromatic rings. The number of benzene rings is 1. The first-order valence-corrected chi connectivity index (χ1v) is 11.2. The van der Waals surface area contributed by atoms with Crippen LogP contribution in [0, 0.1) is 0 Å². The van der Waals surface area contributed by atoms with Gasteiger partial charge in [-0.3, -0.25) is 0 Å². The quantitative estimate of drug-likeness (QED) is 0.728. The first-order valence-electron chi connectivity index (χ1n) is 9.73. The minimum Gasteiger partial charge on any atom is -0.335 e. The molecule has 2 amide bonds. The van der Waals surface area contributed by atoms with Crippen molar-refractivity contribution in [2.45, 2.75) is 81.2 Å². The monoisotopic (exact) mass is 379 g/mol. The third-order valence-electron chi connectivity index (χ3n) is 5.29. The Morgan fingerprint density at radius 1 is 0.808 bits per heavy atom. The molecule has 3 N–H and O–H groups in total. The largest absolute Gasteiger partial charge is 0.335 e. The zero-order valence-electron chi connectivity index (χ0n) is 15.2. The highest BCUT2D eigenvalue weighted by atomic mass is 32.2. The predicted molar refractivity (Wildman–Crippen MR) is 103 cm³/mol. The topological polar surface area (TPSA) is 87.3 Å². The molecule has 2 fully saturated rings. The molecule has 6 nitrogen and oxygen atoms in total. The van der Waals surface area contributed by atoms with Gasteiger partial charge in [0.2, 0.25) is 10.0 Å². The van der Waals surface area contributed by atoms with E-state index < -0.39 is 10.0 Å². The molecular weight excluding hydrogens is 350 g/mol. The Balaban J connectivity index is 1.54. The Bertz CT molecular complexity index is 691. The molecule has 0 radical (unpaired) electrons. The number of anilines is 1. The predicted octanol–water partition coefficient (Wildman–Crippen LogP) is 3.75. The average molecular weight is 380 g/mol. The van der Waals surface area contributed by atoms with E-state index in [0.29, 0.717) is 5.69 Å². The Kier molecular flexibility index (Phi) is 6.53. The van der Waals surface area contributed by atoms with Crippen LogP contribution in [0.1, 0.15) is 64.2 Å². The van der Waals surface area contributed by atoms with E-state index in [2.05, 4.69) is 15.4 Å². The summed E-state index contributed by atoms with van der Waals surface area (Å²) in [6, 6.07) is 6.40. The highest BCUT2D eigenvalue weighted by Gasteiger charge is 2.22. The van der Waals surface area contributed by atoms with E-state index in [1.807, 2.05) is 0 Å². The summed E-state index contributed by atoms with van der Waals surface area (Å²) in [7, 11) is -3.51. The molecule has 0 aromatic heterocycles. The van der Waals surface area contributed by atoms with Crippen molar-refractivity contribution in [1.29, 1.82) is 0 Å². The highest BCUT2D eigenvalue weighted by Crippen LogP contribution is 2.21. The van der Waals surface area contributed by atoms with Crippen LogP contribution < -0.4 is 15.4 Å². The van der Waals surface area contributed by atoms with Crippen LogP contribution in [-0.4, -0.2) is 26.5 Å². The van der Waals surface area contributed by atoms with Gasteiger partial charge < -0.3 is 10.6 Å². The van der Waals surface area contributed by atoms with Gasteiger partial charge in [0.05, 0.1) is 4.90 Å². The molecule has 2 aliphatic carbocycles. The van der Waals surface area contributed by atoms with Gasteiger partial charge in [0.1, 0.15) is 0 Å². The van der Waals surface area contributed by atoms with Crippen molar-refractivity contribution >= 4 is 21.7 Å². The number of carbonyl (C=O) groups excluding carboxylic acids is 1. The molecule has 0 atom stereocenters. The second kappa shape index (κ2) is 8.86.